The van der Waals surface area contributed by atoms with E-state index >= 15 is 0 Å². The summed E-state index contributed by atoms with van der Waals surface area (Å²) in [5, 5.41) is 11.4. The molecule has 1 atom stereocenters. The maximum atomic E-state index is 13.8. The first-order valence-electron chi connectivity index (χ1n) is 12.6. The second-order valence-electron chi connectivity index (χ2n) is 10.7. The van der Waals surface area contributed by atoms with E-state index in [-0.39, 0.29) is 37.3 Å². The summed E-state index contributed by atoms with van der Waals surface area (Å²) in [7, 11) is -3.01. The SMILES string of the molecule is COC(=O)c1ccc(C(O)c2c(C)c3cc(C(F)(F)F)ccc3n2S(=O)(=O)CC=Cc2cccc(C(C)(C)C)c2)s1. The lowest BCUT2D eigenvalue weighted by Crippen LogP contribution is -2.20. The predicted molar refractivity (Wildman–Crippen MR) is 155 cm³/mol. The van der Waals surface area contributed by atoms with Crippen molar-refractivity contribution in [1.82, 2.24) is 3.97 Å². The van der Waals surface area contributed by atoms with Crippen LogP contribution in [0.25, 0.3) is 17.0 Å². The number of hydrogen-bond acceptors (Lipinski definition) is 6. The molecular formula is C30H30F3NO5S2. The molecular weight excluding hydrogens is 575 g/mol. The highest BCUT2D eigenvalue weighted by Gasteiger charge is 2.34. The zero-order valence-electron chi connectivity index (χ0n) is 23.1. The van der Waals surface area contributed by atoms with Crippen LogP contribution < -0.4 is 0 Å². The molecule has 0 fully saturated rings. The highest BCUT2D eigenvalue weighted by atomic mass is 32.2. The van der Waals surface area contributed by atoms with Gasteiger partial charge in [-0.2, -0.15) is 13.2 Å². The van der Waals surface area contributed by atoms with Crippen molar-refractivity contribution in [1.29, 1.82) is 0 Å². The molecule has 1 unspecified atom stereocenters. The number of methoxy groups -OCH3 is 1. The monoisotopic (exact) mass is 605 g/mol. The van der Waals surface area contributed by atoms with Gasteiger partial charge in [-0.1, -0.05) is 57.2 Å². The molecule has 4 rings (SSSR count). The van der Waals surface area contributed by atoms with Gasteiger partial charge in [0.15, 0.2) is 0 Å². The number of ether oxygens (including phenoxy) is 1. The third-order valence-corrected chi connectivity index (χ3v) is 9.42. The van der Waals surface area contributed by atoms with Gasteiger partial charge >= 0.3 is 12.1 Å². The average molecular weight is 606 g/mol. The van der Waals surface area contributed by atoms with Crippen LogP contribution in [0.4, 0.5) is 13.2 Å². The van der Waals surface area contributed by atoms with Crippen LogP contribution in [-0.4, -0.2) is 36.3 Å². The van der Waals surface area contributed by atoms with Gasteiger partial charge in [-0.05, 0) is 59.4 Å². The maximum Gasteiger partial charge on any atom is 0.416 e. The van der Waals surface area contributed by atoms with Gasteiger partial charge in [0.2, 0.25) is 10.0 Å². The van der Waals surface area contributed by atoms with Crippen LogP contribution in [0, 0.1) is 6.92 Å². The van der Waals surface area contributed by atoms with Crippen molar-refractivity contribution in [2.24, 2.45) is 0 Å². The van der Waals surface area contributed by atoms with E-state index in [1.165, 1.54) is 32.2 Å². The number of thiophene rings is 1. The summed E-state index contributed by atoms with van der Waals surface area (Å²) in [5.74, 6) is -1.11. The van der Waals surface area contributed by atoms with E-state index in [2.05, 4.69) is 20.8 Å². The number of hydrogen-bond donors (Lipinski definition) is 1. The summed E-state index contributed by atoms with van der Waals surface area (Å²) in [5.41, 5.74) is 0.919. The summed E-state index contributed by atoms with van der Waals surface area (Å²) in [6, 6.07) is 13.4. The molecule has 0 aliphatic carbocycles. The minimum Gasteiger partial charge on any atom is -0.465 e. The number of aryl methyl sites for hydroxylation is 1. The molecule has 6 nitrogen and oxygen atoms in total. The summed E-state index contributed by atoms with van der Waals surface area (Å²) < 4.78 is 73.8. The lowest BCUT2D eigenvalue weighted by atomic mass is 9.86. The van der Waals surface area contributed by atoms with Crippen LogP contribution in [0.15, 0.2) is 60.7 Å². The van der Waals surface area contributed by atoms with Crippen molar-refractivity contribution in [2.45, 2.75) is 45.4 Å². The number of rotatable bonds is 7. The molecule has 0 amide bonds. The number of carbonyl (C=O) groups is 1. The predicted octanol–water partition coefficient (Wildman–Crippen LogP) is 7.09. The zero-order valence-corrected chi connectivity index (χ0v) is 24.7. The van der Waals surface area contributed by atoms with Gasteiger partial charge in [0.1, 0.15) is 11.0 Å². The van der Waals surface area contributed by atoms with Crippen LogP contribution in [0.2, 0.25) is 0 Å². The van der Waals surface area contributed by atoms with Gasteiger partial charge in [-0.15, -0.1) is 11.3 Å². The van der Waals surface area contributed by atoms with E-state index in [1.54, 1.807) is 6.08 Å². The molecule has 2 aromatic heterocycles. The lowest BCUT2D eigenvalue weighted by Gasteiger charge is -2.19. The highest BCUT2D eigenvalue weighted by Crippen LogP contribution is 2.39. The molecule has 2 heterocycles. The second-order valence-corrected chi connectivity index (χ2v) is 13.6. The van der Waals surface area contributed by atoms with E-state index in [4.69, 9.17) is 4.74 Å². The number of carbonyl (C=O) groups excluding carboxylic acids is 1. The summed E-state index contributed by atoms with van der Waals surface area (Å²) in [6.45, 7) is 7.67. The maximum absolute atomic E-state index is 13.8. The Kier molecular flexibility index (Phi) is 8.28. The number of aliphatic hydroxyl groups excluding tert-OH is 1. The summed E-state index contributed by atoms with van der Waals surface area (Å²) in [6.07, 6.45) is -3.04. The van der Waals surface area contributed by atoms with Crippen LogP contribution >= 0.6 is 11.3 Å². The molecule has 0 aliphatic heterocycles. The smallest absolute Gasteiger partial charge is 0.416 e. The Morgan fingerprint density at radius 1 is 1.07 bits per heavy atom. The number of aromatic nitrogens is 1. The molecule has 4 aromatic rings. The fourth-order valence-corrected chi connectivity index (χ4v) is 6.96. The van der Waals surface area contributed by atoms with E-state index in [0.717, 1.165) is 44.6 Å². The van der Waals surface area contributed by atoms with Gasteiger partial charge in [0, 0.05) is 10.3 Å². The van der Waals surface area contributed by atoms with Crippen LogP contribution in [0.3, 0.4) is 0 Å². The standard InChI is InChI=1S/C30H30F3NO5S2/c1-18-22-17-21(30(31,32)33)11-12-23(22)34(26(18)27(35)24-13-14-25(40-24)28(36)39-5)41(37,38)15-7-9-19-8-6-10-20(16-19)29(2,3)4/h6-14,16-17,27,35H,15H2,1-5H3. The Bertz CT molecular complexity index is 1740. The number of benzene rings is 2. The minimum atomic E-state index is -4.64. The van der Waals surface area contributed by atoms with Gasteiger partial charge in [0.05, 0.1) is 29.6 Å². The van der Waals surface area contributed by atoms with Gasteiger partial charge in [-0.3, -0.25) is 0 Å². The number of fused-ring (bicyclic) bond motifs is 1. The van der Waals surface area contributed by atoms with Crippen LogP contribution in [0.1, 0.15) is 69.4 Å². The van der Waals surface area contributed by atoms with Crippen LogP contribution in [0.5, 0.6) is 0 Å². The third-order valence-electron chi connectivity index (χ3n) is 6.74. The summed E-state index contributed by atoms with van der Waals surface area (Å²) >= 11 is 0.906. The lowest BCUT2D eigenvalue weighted by molar-refractivity contribution is -0.137. The Morgan fingerprint density at radius 3 is 2.41 bits per heavy atom. The molecule has 0 saturated heterocycles. The Labute approximate surface area is 240 Å². The number of alkyl halides is 3. The quantitative estimate of drug-likeness (QED) is 0.228. The molecule has 0 bridgehead atoms. The molecule has 0 radical (unpaired) electrons. The van der Waals surface area contributed by atoms with E-state index in [1.807, 2.05) is 24.3 Å². The Morgan fingerprint density at radius 2 is 1.78 bits per heavy atom. The molecule has 11 heteroatoms. The number of nitrogens with zero attached hydrogens (tertiary/aromatic N) is 1. The van der Waals surface area contributed by atoms with E-state index in [9.17, 15) is 31.5 Å². The molecule has 2 aromatic carbocycles. The van der Waals surface area contributed by atoms with Crippen molar-refractivity contribution in [3.63, 3.8) is 0 Å². The number of esters is 1. The fraction of sp³-hybridized carbons (Fsp3) is 0.300. The first-order chi connectivity index (χ1) is 19.0. The van der Waals surface area contributed by atoms with Gasteiger partial charge < -0.3 is 9.84 Å². The van der Waals surface area contributed by atoms with Crippen molar-refractivity contribution in [3.8, 4) is 0 Å². The highest BCUT2D eigenvalue weighted by molar-refractivity contribution is 7.90. The third kappa shape index (κ3) is 6.27. The van der Waals surface area contributed by atoms with Crippen molar-refractivity contribution < 1.29 is 36.2 Å². The fourth-order valence-electron chi connectivity index (χ4n) is 4.56. The number of aliphatic hydroxyl groups is 1. The first-order valence-corrected chi connectivity index (χ1v) is 15.1. The molecule has 1 N–H and O–H groups in total. The van der Waals surface area contributed by atoms with Gasteiger partial charge in [0.25, 0.3) is 0 Å². The van der Waals surface area contributed by atoms with Crippen molar-refractivity contribution in [3.05, 3.63) is 98.4 Å². The normalized spacial score (nSPS) is 13.7. The van der Waals surface area contributed by atoms with E-state index < -0.39 is 39.6 Å². The molecule has 218 valence electrons. The topological polar surface area (TPSA) is 85.6 Å². The largest absolute Gasteiger partial charge is 0.465 e. The summed E-state index contributed by atoms with van der Waals surface area (Å²) in [4.78, 5) is 12.4. The van der Waals surface area contributed by atoms with Crippen LogP contribution in [-0.2, 0) is 26.4 Å². The molecule has 41 heavy (non-hydrogen) atoms. The molecule has 0 spiro atoms. The zero-order chi connectivity index (χ0) is 30.3. The Balaban J connectivity index is 1.82. The molecule has 0 saturated carbocycles. The van der Waals surface area contributed by atoms with Crippen molar-refractivity contribution in [2.75, 3.05) is 12.9 Å². The first kappa shape index (κ1) is 30.5. The van der Waals surface area contributed by atoms with Gasteiger partial charge in [-0.25, -0.2) is 17.2 Å². The second kappa shape index (κ2) is 11.1. The van der Waals surface area contributed by atoms with Crippen molar-refractivity contribution >= 4 is 44.3 Å². The Hall–Kier alpha value is -3.41. The molecule has 0 aliphatic rings. The number of halogens is 3. The van der Waals surface area contributed by atoms with E-state index in [0.29, 0.717) is 0 Å². The minimum absolute atomic E-state index is 0.0115. The average Bonchev–Trinajstić information content (AvgIpc) is 3.50.